The molecule has 0 fully saturated rings. The van der Waals surface area contributed by atoms with E-state index in [4.69, 9.17) is 0 Å². The average Bonchev–Trinajstić information content (AvgIpc) is 3.14. The highest BCUT2D eigenvalue weighted by atomic mass is 15.4. The van der Waals surface area contributed by atoms with Gasteiger partial charge in [0.05, 0.1) is 18.3 Å². The second kappa shape index (κ2) is 4.86. The van der Waals surface area contributed by atoms with Crippen LogP contribution in [0.5, 0.6) is 0 Å². The van der Waals surface area contributed by atoms with E-state index in [0.29, 0.717) is 6.54 Å². The first kappa shape index (κ1) is 11.8. The van der Waals surface area contributed by atoms with Crippen LogP contribution in [0, 0.1) is 0 Å². The van der Waals surface area contributed by atoms with Gasteiger partial charge in [-0.2, -0.15) is 5.10 Å². The third-order valence-electron chi connectivity index (χ3n) is 3.44. The minimum atomic E-state index is 0.705. The van der Waals surface area contributed by atoms with Crippen molar-refractivity contribution >= 4 is 10.9 Å². The Morgan fingerprint density at radius 1 is 0.952 bits per heavy atom. The molecule has 0 atom stereocenters. The summed E-state index contributed by atoms with van der Waals surface area (Å²) >= 11 is 0. The molecule has 2 aromatic carbocycles. The number of nitrogens with one attached hydrogen (secondary N) is 1. The monoisotopic (exact) mass is 275 g/mol. The smallest absolute Gasteiger partial charge is 0.133 e. The second-order valence-corrected chi connectivity index (χ2v) is 4.90. The van der Waals surface area contributed by atoms with Crippen molar-refractivity contribution in [1.82, 2.24) is 25.2 Å². The Hall–Kier alpha value is -2.95. The topological polar surface area (TPSA) is 59.4 Å². The van der Waals surface area contributed by atoms with Crippen molar-refractivity contribution in [2.45, 2.75) is 6.54 Å². The van der Waals surface area contributed by atoms with Crippen molar-refractivity contribution in [3.63, 3.8) is 0 Å². The lowest BCUT2D eigenvalue weighted by atomic mass is 10.2. The molecule has 0 saturated carbocycles. The summed E-state index contributed by atoms with van der Waals surface area (Å²) < 4.78 is 1.83. The fourth-order valence-corrected chi connectivity index (χ4v) is 2.41. The number of benzene rings is 2. The van der Waals surface area contributed by atoms with Crippen LogP contribution in [0.25, 0.3) is 22.3 Å². The molecular formula is C16H13N5. The van der Waals surface area contributed by atoms with Gasteiger partial charge in [0.25, 0.3) is 0 Å². The van der Waals surface area contributed by atoms with Gasteiger partial charge in [0.1, 0.15) is 11.4 Å². The van der Waals surface area contributed by atoms with Gasteiger partial charge in [-0.05, 0) is 11.6 Å². The fraction of sp³-hybridized carbons (Fsp3) is 0.0625. The number of nitrogens with zero attached hydrogens (tertiary/aromatic N) is 4. The molecule has 4 aromatic rings. The van der Waals surface area contributed by atoms with Gasteiger partial charge in [-0.3, -0.25) is 5.10 Å². The van der Waals surface area contributed by atoms with Crippen molar-refractivity contribution in [3.05, 3.63) is 66.4 Å². The van der Waals surface area contributed by atoms with Crippen LogP contribution in [-0.2, 0) is 6.54 Å². The lowest BCUT2D eigenvalue weighted by Gasteiger charge is -1.99. The maximum Gasteiger partial charge on any atom is 0.133 e. The van der Waals surface area contributed by atoms with Gasteiger partial charge in [-0.25, -0.2) is 4.68 Å². The molecule has 0 aliphatic rings. The molecule has 0 amide bonds. The molecule has 5 heteroatoms. The molecule has 0 unspecified atom stereocenters. The van der Waals surface area contributed by atoms with Crippen LogP contribution in [0.3, 0.4) is 0 Å². The number of para-hydroxylation sites is 1. The van der Waals surface area contributed by atoms with Crippen molar-refractivity contribution in [1.29, 1.82) is 0 Å². The molecule has 0 bridgehead atoms. The SMILES string of the molecule is c1ccc(Cn2cc(-c3n[nH]c4ccccc34)nn2)cc1. The highest BCUT2D eigenvalue weighted by molar-refractivity contribution is 5.91. The van der Waals surface area contributed by atoms with E-state index < -0.39 is 0 Å². The van der Waals surface area contributed by atoms with Crippen molar-refractivity contribution in [2.24, 2.45) is 0 Å². The Labute approximate surface area is 121 Å². The Bertz CT molecular complexity index is 876. The number of aromatic nitrogens is 5. The Morgan fingerprint density at radius 2 is 1.76 bits per heavy atom. The molecule has 2 heterocycles. The number of hydrogen-bond acceptors (Lipinski definition) is 3. The van der Waals surface area contributed by atoms with Crippen LogP contribution in [0.2, 0.25) is 0 Å². The molecule has 0 aliphatic carbocycles. The molecule has 0 saturated heterocycles. The summed E-state index contributed by atoms with van der Waals surface area (Å²) in [5.41, 5.74) is 3.82. The normalized spacial score (nSPS) is 11.0. The molecule has 21 heavy (non-hydrogen) atoms. The zero-order valence-corrected chi connectivity index (χ0v) is 11.3. The summed E-state index contributed by atoms with van der Waals surface area (Å²) in [7, 11) is 0. The number of rotatable bonds is 3. The predicted octanol–water partition coefficient (Wildman–Crippen LogP) is 2.87. The molecule has 4 rings (SSSR count). The first-order valence-corrected chi connectivity index (χ1v) is 6.78. The molecular weight excluding hydrogens is 262 g/mol. The van der Waals surface area contributed by atoms with Crippen molar-refractivity contribution < 1.29 is 0 Å². The zero-order valence-electron chi connectivity index (χ0n) is 11.3. The van der Waals surface area contributed by atoms with Crippen LogP contribution < -0.4 is 0 Å². The molecule has 2 aromatic heterocycles. The van der Waals surface area contributed by atoms with Crippen LogP contribution in [0.4, 0.5) is 0 Å². The van der Waals surface area contributed by atoms with Crippen molar-refractivity contribution in [3.8, 4) is 11.4 Å². The van der Waals surface area contributed by atoms with Gasteiger partial charge in [-0.1, -0.05) is 53.7 Å². The van der Waals surface area contributed by atoms with E-state index in [1.54, 1.807) is 0 Å². The van der Waals surface area contributed by atoms with Gasteiger partial charge < -0.3 is 0 Å². The molecule has 0 spiro atoms. The lowest BCUT2D eigenvalue weighted by molar-refractivity contribution is 0.650. The molecule has 102 valence electrons. The van der Waals surface area contributed by atoms with E-state index in [-0.39, 0.29) is 0 Å². The van der Waals surface area contributed by atoms with E-state index in [9.17, 15) is 0 Å². The molecule has 0 radical (unpaired) electrons. The van der Waals surface area contributed by atoms with Crippen LogP contribution in [-0.4, -0.2) is 25.2 Å². The van der Waals surface area contributed by atoms with Crippen LogP contribution in [0.15, 0.2) is 60.8 Å². The van der Waals surface area contributed by atoms with E-state index in [0.717, 1.165) is 22.3 Å². The maximum absolute atomic E-state index is 4.35. The van der Waals surface area contributed by atoms with Gasteiger partial charge in [0.15, 0.2) is 0 Å². The largest absolute Gasteiger partial charge is 0.277 e. The standard InChI is InChI=1S/C16H13N5/c1-2-6-12(7-3-1)10-21-11-15(18-20-21)16-13-8-4-5-9-14(13)17-19-16/h1-9,11H,10H2,(H,17,19). The third kappa shape index (κ3) is 2.18. The first-order valence-electron chi connectivity index (χ1n) is 6.78. The van der Waals surface area contributed by atoms with Crippen molar-refractivity contribution in [2.75, 3.05) is 0 Å². The molecule has 5 nitrogen and oxygen atoms in total. The van der Waals surface area contributed by atoms with E-state index in [1.807, 2.05) is 53.3 Å². The van der Waals surface area contributed by atoms with E-state index in [2.05, 4.69) is 32.6 Å². The van der Waals surface area contributed by atoms with Gasteiger partial charge >= 0.3 is 0 Å². The molecule has 0 aliphatic heterocycles. The second-order valence-electron chi connectivity index (χ2n) is 4.90. The van der Waals surface area contributed by atoms with Gasteiger partial charge in [-0.15, -0.1) is 5.10 Å². The Kier molecular flexibility index (Phi) is 2.74. The summed E-state index contributed by atoms with van der Waals surface area (Å²) in [6.07, 6.45) is 1.93. The van der Waals surface area contributed by atoms with E-state index in [1.165, 1.54) is 5.56 Å². The Morgan fingerprint density at radius 3 is 2.67 bits per heavy atom. The Balaban J connectivity index is 1.68. The summed E-state index contributed by atoms with van der Waals surface area (Å²) in [6, 6.07) is 18.2. The quantitative estimate of drug-likeness (QED) is 0.625. The number of aromatic amines is 1. The minimum Gasteiger partial charge on any atom is -0.277 e. The van der Waals surface area contributed by atoms with Gasteiger partial charge in [0.2, 0.25) is 0 Å². The minimum absolute atomic E-state index is 0.705. The summed E-state index contributed by atoms with van der Waals surface area (Å²) in [5.74, 6) is 0. The van der Waals surface area contributed by atoms with Crippen LogP contribution in [0.1, 0.15) is 5.56 Å². The summed E-state index contributed by atoms with van der Waals surface area (Å²) in [5, 5.41) is 16.8. The number of H-pyrrole nitrogens is 1. The van der Waals surface area contributed by atoms with E-state index >= 15 is 0 Å². The van der Waals surface area contributed by atoms with Crippen LogP contribution >= 0.6 is 0 Å². The average molecular weight is 275 g/mol. The number of hydrogen-bond donors (Lipinski definition) is 1. The number of fused-ring (bicyclic) bond motifs is 1. The maximum atomic E-state index is 4.35. The fourth-order valence-electron chi connectivity index (χ4n) is 2.41. The third-order valence-corrected chi connectivity index (χ3v) is 3.44. The molecule has 1 N–H and O–H groups in total. The summed E-state index contributed by atoms with van der Waals surface area (Å²) in [6.45, 7) is 0.705. The highest BCUT2D eigenvalue weighted by Crippen LogP contribution is 2.23. The first-order chi connectivity index (χ1) is 10.4. The highest BCUT2D eigenvalue weighted by Gasteiger charge is 2.11. The zero-order chi connectivity index (χ0) is 14.1. The van der Waals surface area contributed by atoms with Gasteiger partial charge in [0, 0.05) is 5.39 Å². The predicted molar refractivity (Wildman–Crippen MR) is 80.7 cm³/mol. The summed E-state index contributed by atoms with van der Waals surface area (Å²) in [4.78, 5) is 0. The lowest BCUT2D eigenvalue weighted by Crippen LogP contribution is -1.99.